The van der Waals surface area contributed by atoms with E-state index in [1.165, 1.54) is 0 Å². The fourth-order valence-electron chi connectivity index (χ4n) is 1.74. The van der Waals surface area contributed by atoms with Crippen LogP contribution in [-0.2, 0) is 37.9 Å². The molecule has 8 nitrogen and oxygen atoms in total. The second-order valence-corrected chi connectivity index (χ2v) is 7.08. The summed E-state index contributed by atoms with van der Waals surface area (Å²) in [5, 5.41) is 0. The fourth-order valence-corrected chi connectivity index (χ4v) is 1.74. The molecule has 0 bridgehead atoms. The zero-order chi connectivity index (χ0) is 19.2. The van der Waals surface area contributed by atoms with Crippen LogP contribution in [0.3, 0.4) is 0 Å². The summed E-state index contributed by atoms with van der Waals surface area (Å²) in [6.07, 6.45) is 1.79. The summed E-state index contributed by atoms with van der Waals surface area (Å²) in [7, 11) is 0. The first-order valence-corrected chi connectivity index (χ1v) is 9.98. The lowest BCUT2D eigenvalue weighted by molar-refractivity contribution is 0.0119. The van der Waals surface area contributed by atoms with E-state index in [-0.39, 0.29) is 5.60 Å². The van der Waals surface area contributed by atoms with Crippen LogP contribution >= 0.6 is 0 Å². The summed E-state index contributed by atoms with van der Waals surface area (Å²) in [6, 6.07) is 0. The van der Waals surface area contributed by atoms with E-state index >= 15 is 0 Å². The third kappa shape index (κ3) is 16.3. The summed E-state index contributed by atoms with van der Waals surface area (Å²) in [5.74, 6) is 0. The van der Waals surface area contributed by atoms with Gasteiger partial charge in [-0.25, -0.2) is 0 Å². The van der Waals surface area contributed by atoms with Gasteiger partial charge < -0.3 is 37.9 Å². The molecule has 160 valence electrons. The minimum Gasteiger partial charge on any atom is -0.379 e. The van der Waals surface area contributed by atoms with Crippen LogP contribution in [0.15, 0.2) is 0 Å². The highest BCUT2D eigenvalue weighted by atomic mass is 16.6. The molecule has 3 atom stereocenters. The molecule has 0 aromatic heterocycles. The monoisotopic (exact) mass is 392 g/mol. The molecule has 4 heterocycles. The molecule has 4 saturated heterocycles. The molecule has 0 aromatic rings. The smallest absolute Gasteiger partial charge is 0.112 e. The zero-order valence-corrected chi connectivity index (χ0v) is 16.8. The molecule has 8 heteroatoms. The van der Waals surface area contributed by atoms with Gasteiger partial charge in [-0.05, 0) is 13.3 Å². The van der Waals surface area contributed by atoms with Crippen molar-refractivity contribution in [2.75, 3.05) is 85.9 Å². The van der Waals surface area contributed by atoms with Gasteiger partial charge in [-0.1, -0.05) is 6.92 Å². The predicted octanol–water partition coefficient (Wildman–Crippen LogP) is 1.05. The van der Waals surface area contributed by atoms with Crippen molar-refractivity contribution in [3.05, 3.63) is 0 Å². The molecule has 0 radical (unpaired) electrons. The fraction of sp³-hybridized carbons (Fsp3) is 1.00. The topological polar surface area (TPSA) is 87.0 Å². The largest absolute Gasteiger partial charge is 0.379 e. The standard InChI is InChI=1S/C10H20O4.C7H12O3.C2H4O/c1-2-3-11-4-5-12-6-7-13-8-10-9-14-10;1-7(5-10-7)4-8-2-6-3-9-6;1-2-3-1/h10H,2-9H2,1H3;6H,2-5H2,1H3;1-2H2. The molecule has 4 fully saturated rings. The van der Waals surface area contributed by atoms with Crippen LogP contribution in [0.2, 0.25) is 0 Å². The van der Waals surface area contributed by atoms with Gasteiger partial charge in [0, 0.05) is 6.61 Å². The van der Waals surface area contributed by atoms with E-state index < -0.39 is 0 Å². The van der Waals surface area contributed by atoms with Crippen molar-refractivity contribution in [1.82, 2.24) is 0 Å². The lowest BCUT2D eigenvalue weighted by atomic mass is 10.2. The summed E-state index contributed by atoms with van der Waals surface area (Å²) in [4.78, 5) is 0. The quantitative estimate of drug-likeness (QED) is 0.320. The van der Waals surface area contributed by atoms with Gasteiger partial charge in [0.25, 0.3) is 0 Å². The maximum absolute atomic E-state index is 5.33. The van der Waals surface area contributed by atoms with Crippen LogP contribution < -0.4 is 0 Å². The second kappa shape index (κ2) is 13.8. The van der Waals surface area contributed by atoms with Crippen molar-refractivity contribution in [2.45, 2.75) is 38.1 Å². The Balaban J connectivity index is 0.000000173. The van der Waals surface area contributed by atoms with Crippen molar-refractivity contribution >= 4 is 0 Å². The normalized spacial score (nSPS) is 29.1. The second-order valence-electron chi connectivity index (χ2n) is 7.08. The number of ether oxygens (including phenoxy) is 8. The maximum Gasteiger partial charge on any atom is 0.112 e. The van der Waals surface area contributed by atoms with Crippen LogP contribution in [0.25, 0.3) is 0 Å². The van der Waals surface area contributed by atoms with Crippen molar-refractivity contribution in [3.63, 3.8) is 0 Å². The van der Waals surface area contributed by atoms with Crippen molar-refractivity contribution in [2.24, 2.45) is 0 Å². The average molecular weight is 392 g/mol. The van der Waals surface area contributed by atoms with Gasteiger partial charge in [0.1, 0.15) is 17.8 Å². The van der Waals surface area contributed by atoms with Crippen molar-refractivity contribution < 1.29 is 37.9 Å². The van der Waals surface area contributed by atoms with E-state index in [0.717, 1.165) is 52.7 Å². The van der Waals surface area contributed by atoms with E-state index in [9.17, 15) is 0 Å². The highest BCUT2D eigenvalue weighted by Gasteiger charge is 2.40. The highest BCUT2D eigenvalue weighted by molar-refractivity contribution is 4.86. The van der Waals surface area contributed by atoms with Gasteiger partial charge >= 0.3 is 0 Å². The predicted molar refractivity (Wildman–Crippen MR) is 98.2 cm³/mol. The minimum absolute atomic E-state index is 0.0366. The number of hydrogen-bond acceptors (Lipinski definition) is 8. The maximum atomic E-state index is 5.33. The number of epoxide rings is 4. The first kappa shape index (κ1) is 23.0. The van der Waals surface area contributed by atoms with Crippen molar-refractivity contribution in [3.8, 4) is 0 Å². The molecule has 0 N–H and O–H groups in total. The van der Waals surface area contributed by atoms with E-state index in [0.29, 0.717) is 51.8 Å². The van der Waals surface area contributed by atoms with Gasteiger partial charge in [-0.2, -0.15) is 0 Å². The lowest BCUT2D eigenvalue weighted by Gasteiger charge is -2.05. The molecule has 0 aromatic carbocycles. The molecular formula is C19H36O8. The molecule has 27 heavy (non-hydrogen) atoms. The van der Waals surface area contributed by atoms with Crippen LogP contribution in [0.1, 0.15) is 20.3 Å². The van der Waals surface area contributed by atoms with Crippen LogP contribution in [0.4, 0.5) is 0 Å². The van der Waals surface area contributed by atoms with E-state index in [1.54, 1.807) is 0 Å². The zero-order valence-electron chi connectivity index (χ0n) is 16.8. The Labute approximate surface area is 162 Å². The molecule has 0 spiro atoms. The summed E-state index contributed by atoms with van der Waals surface area (Å²) in [6.45, 7) is 14.3. The van der Waals surface area contributed by atoms with Crippen LogP contribution in [0, 0.1) is 0 Å². The Bertz CT molecular complexity index is 351. The van der Waals surface area contributed by atoms with E-state index in [2.05, 4.69) is 18.6 Å². The van der Waals surface area contributed by atoms with Gasteiger partial charge in [-0.15, -0.1) is 0 Å². The Kier molecular flexibility index (Phi) is 11.7. The Morgan fingerprint density at radius 2 is 1.30 bits per heavy atom. The Morgan fingerprint density at radius 3 is 1.74 bits per heavy atom. The van der Waals surface area contributed by atoms with E-state index in [1.807, 2.05) is 0 Å². The Morgan fingerprint density at radius 1 is 0.815 bits per heavy atom. The van der Waals surface area contributed by atoms with E-state index in [4.69, 9.17) is 33.2 Å². The molecular weight excluding hydrogens is 356 g/mol. The SMILES string of the molecule is C1CO1.CC1(COCC2CO2)CO1.CCCOCCOCCOCC1CO1. The first-order valence-electron chi connectivity index (χ1n) is 9.98. The number of hydrogen-bond donors (Lipinski definition) is 0. The minimum atomic E-state index is 0.0366. The van der Waals surface area contributed by atoms with Gasteiger partial charge in [-0.3, -0.25) is 0 Å². The van der Waals surface area contributed by atoms with Gasteiger partial charge in [0.15, 0.2) is 0 Å². The molecule has 0 aliphatic carbocycles. The van der Waals surface area contributed by atoms with Crippen molar-refractivity contribution in [1.29, 1.82) is 0 Å². The molecule has 0 saturated carbocycles. The van der Waals surface area contributed by atoms with Crippen LogP contribution in [-0.4, -0.2) is 104 Å². The third-order valence-corrected chi connectivity index (χ3v) is 3.75. The summed E-state index contributed by atoms with van der Waals surface area (Å²) >= 11 is 0. The molecule has 4 aliphatic heterocycles. The van der Waals surface area contributed by atoms with Gasteiger partial charge in [0.2, 0.25) is 0 Å². The molecule has 0 amide bonds. The average Bonchev–Trinajstić information content (AvgIpc) is 3.47. The number of rotatable bonds is 14. The molecule has 4 rings (SSSR count). The molecule has 4 aliphatic rings. The highest BCUT2D eigenvalue weighted by Crippen LogP contribution is 2.26. The van der Waals surface area contributed by atoms with Crippen LogP contribution in [0.5, 0.6) is 0 Å². The summed E-state index contributed by atoms with van der Waals surface area (Å²) in [5.41, 5.74) is 0.0366. The van der Waals surface area contributed by atoms with Gasteiger partial charge in [0.05, 0.1) is 79.3 Å². The first-order chi connectivity index (χ1) is 13.2. The summed E-state index contributed by atoms with van der Waals surface area (Å²) < 4.78 is 40.8. The Hall–Kier alpha value is -0.320. The third-order valence-electron chi connectivity index (χ3n) is 3.75. The molecule has 3 unspecified atom stereocenters. The lowest BCUT2D eigenvalue weighted by Crippen LogP contribution is -2.16.